The number of hydrogen-bond donors (Lipinski definition) is 4. The number of anilines is 2. The van der Waals surface area contributed by atoms with Crippen molar-refractivity contribution in [3.63, 3.8) is 0 Å². The number of nitrogens with two attached hydrogens (primary N) is 2. The lowest BCUT2D eigenvalue weighted by atomic mass is 10.3. The van der Waals surface area contributed by atoms with Crippen LogP contribution in [0.2, 0.25) is 5.15 Å². The fraction of sp³-hybridized carbons (Fsp3) is 0.250. The molecule has 0 fully saturated rings. The zero-order valence-corrected chi connectivity index (χ0v) is 9.52. The number of carbonyl (C=O) groups excluding carboxylic acids is 1. The number of carboxylic acids is 1. The van der Waals surface area contributed by atoms with Gasteiger partial charge in [0.2, 0.25) is 0 Å². The third-order valence-electron chi connectivity index (χ3n) is 1.84. The number of aromatic nitrogens is 2. The van der Waals surface area contributed by atoms with Gasteiger partial charge >= 0.3 is 5.97 Å². The van der Waals surface area contributed by atoms with Crippen LogP contribution in [0.4, 0.5) is 11.6 Å². The van der Waals surface area contributed by atoms with Gasteiger partial charge in [-0.2, -0.15) is 0 Å². The predicted molar refractivity (Wildman–Crippen MR) is 60.4 cm³/mol. The van der Waals surface area contributed by atoms with Crippen LogP contribution in [-0.4, -0.2) is 33.0 Å². The molecule has 1 aromatic rings. The zero-order valence-electron chi connectivity index (χ0n) is 8.77. The van der Waals surface area contributed by atoms with Gasteiger partial charge in [-0.3, -0.25) is 9.59 Å². The highest BCUT2D eigenvalue weighted by molar-refractivity contribution is 6.31. The van der Waals surface area contributed by atoms with Crippen molar-refractivity contribution in [1.82, 2.24) is 15.3 Å². The number of hydrogen-bond acceptors (Lipinski definition) is 6. The fourth-order valence-corrected chi connectivity index (χ4v) is 1.06. The van der Waals surface area contributed by atoms with Crippen LogP contribution >= 0.6 is 11.6 Å². The van der Waals surface area contributed by atoms with E-state index in [0.717, 1.165) is 0 Å². The van der Waals surface area contributed by atoms with E-state index in [2.05, 4.69) is 15.3 Å². The quantitative estimate of drug-likeness (QED) is 0.572. The highest BCUT2D eigenvalue weighted by atomic mass is 35.5. The summed E-state index contributed by atoms with van der Waals surface area (Å²) in [5, 5.41) is 10.6. The number of rotatable bonds is 3. The molecule has 0 unspecified atom stereocenters. The lowest BCUT2D eigenvalue weighted by molar-refractivity contribution is -0.138. The number of aliphatic carboxylic acids is 1. The average molecular weight is 260 g/mol. The first kappa shape index (κ1) is 13.0. The second kappa shape index (κ2) is 4.83. The molecule has 1 aromatic heterocycles. The van der Waals surface area contributed by atoms with E-state index in [-0.39, 0.29) is 22.5 Å². The standard InChI is InChI=1S/C8H10ClN5O3/c1-2(8(16)17)12-7(15)3-5(10)14-6(11)4(9)13-3/h2H,1H3,(H,12,15)(H,16,17)(H4,10,11,14)/t2-/m1/s1. The first-order valence-electron chi connectivity index (χ1n) is 4.45. The number of amides is 1. The molecular weight excluding hydrogens is 250 g/mol. The van der Waals surface area contributed by atoms with Crippen LogP contribution in [0.5, 0.6) is 0 Å². The van der Waals surface area contributed by atoms with Gasteiger partial charge in [0.25, 0.3) is 5.91 Å². The maximum Gasteiger partial charge on any atom is 0.325 e. The summed E-state index contributed by atoms with van der Waals surface area (Å²) < 4.78 is 0. The van der Waals surface area contributed by atoms with Crippen molar-refractivity contribution >= 4 is 35.1 Å². The number of nitrogens with one attached hydrogen (secondary N) is 1. The summed E-state index contributed by atoms with van der Waals surface area (Å²) >= 11 is 5.58. The molecule has 0 saturated heterocycles. The van der Waals surface area contributed by atoms with Crippen molar-refractivity contribution in [3.8, 4) is 0 Å². The Balaban J connectivity index is 2.97. The van der Waals surface area contributed by atoms with Crippen molar-refractivity contribution in [1.29, 1.82) is 0 Å². The van der Waals surface area contributed by atoms with Gasteiger partial charge in [-0.25, -0.2) is 9.97 Å². The Kier molecular flexibility index (Phi) is 3.69. The molecule has 6 N–H and O–H groups in total. The molecule has 0 bridgehead atoms. The minimum Gasteiger partial charge on any atom is -0.480 e. The summed E-state index contributed by atoms with van der Waals surface area (Å²) in [6, 6.07) is -1.08. The van der Waals surface area contributed by atoms with Crippen LogP contribution < -0.4 is 16.8 Å². The molecule has 0 radical (unpaired) electrons. The SMILES string of the molecule is C[C@@H](NC(=O)c1nc(Cl)c(N)nc1N)C(=O)O. The second-order valence-electron chi connectivity index (χ2n) is 3.17. The molecule has 0 aromatic carbocycles. The molecule has 1 rings (SSSR count). The molecular formula is C8H10ClN5O3. The molecule has 0 aliphatic carbocycles. The Bertz CT molecular complexity index is 478. The molecule has 0 aliphatic heterocycles. The number of carboxylic acid groups (broad SMARTS) is 1. The first-order valence-corrected chi connectivity index (χ1v) is 4.83. The van der Waals surface area contributed by atoms with E-state index in [4.69, 9.17) is 28.2 Å². The van der Waals surface area contributed by atoms with Gasteiger partial charge in [-0.05, 0) is 6.92 Å². The molecule has 0 spiro atoms. The lowest BCUT2D eigenvalue weighted by Gasteiger charge is -2.10. The fourth-order valence-electron chi connectivity index (χ4n) is 0.935. The highest BCUT2D eigenvalue weighted by Crippen LogP contribution is 2.17. The van der Waals surface area contributed by atoms with E-state index in [9.17, 15) is 9.59 Å². The van der Waals surface area contributed by atoms with Crippen molar-refractivity contribution in [2.75, 3.05) is 11.5 Å². The van der Waals surface area contributed by atoms with Crippen molar-refractivity contribution in [2.45, 2.75) is 13.0 Å². The van der Waals surface area contributed by atoms with Crippen LogP contribution in [0.1, 0.15) is 17.4 Å². The maximum absolute atomic E-state index is 11.6. The highest BCUT2D eigenvalue weighted by Gasteiger charge is 2.20. The van der Waals surface area contributed by atoms with Gasteiger partial charge in [0.15, 0.2) is 22.5 Å². The van der Waals surface area contributed by atoms with Crippen LogP contribution in [0.15, 0.2) is 0 Å². The second-order valence-corrected chi connectivity index (χ2v) is 3.52. The summed E-state index contributed by atoms with van der Waals surface area (Å²) in [6.07, 6.45) is 0. The van der Waals surface area contributed by atoms with E-state index >= 15 is 0 Å². The van der Waals surface area contributed by atoms with Crippen molar-refractivity contribution in [2.24, 2.45) is 0 Å². The molecule has 8 nitrogen and oxygen atoms in total. The van der Waals surface area contributed by atoms with E-state index in [1.807, 2.05) is 0 Å². The van der Waals surface area contributed by atoms with E-state index in [1.54, 1.807) is 0 Å². The zero-order chi connectivity index (χ0) is 13.2. The summed E-state index contributed by atoms with van der Waals surface area (Å²) in [5.41, 5.74) is 10.5. The summed E-state index contributed by atoms with van der Waals surface area (Å²) in [7, 11) is 0. The third kappa shape index (κ3) is 2.94. The van der Waals surface area contributed by atoms with E-state index in [1.165, 1.54) is 6.92 Å². The Hall–Kier alpha value is -2.09. The number of nitrogen functional groups attached to an aromatic ring is 2. The third-order valence-corrected chi connectivity index (χ3v) is 2.12. The summed E-state index contributed by atoms with van der Waals surface area (Å²) in [5.74, 6) is -2.30. The average Bonchev–Trinajstić information content (AvgIpc) is 2.22. The summed E-state index contributed by atoms with van der Waals surface area (Å²) in [6.45, 7) is 1.29. The van der Waals surface area contributed by atoms with E-state index in [0.29, 0.717) is 0 Å². The van der Waals surface area contributed by atoms with Crippen LogP contribution in [0.3, 0.4) is 0 Å². The molecule has 1 atom stereocenters. The van der Waals surface area contributed by atoms with Gasteiger partial charge in [-0.15, -0.1) is 0 Å². The monoisotopic (exact) mass is 259 g/mol. The van der Waals surface area contributed by atoms with E-state index < -0.39 is 17.9 Å². The minimum absolute atomic E-state index is 0.105. The molecule has 17 heavy (non-hydrogen) atoms. The topological polar surface area (TPSA) is 144 Å². The summed E-state index contributed by atoms with van der Waals surface area (Å²) in [4.78, 5) is 29.4. The van der Waals surface area contributed by atoms with Crippen LogP contribution in [0, 0.1) is 0 Å². The Labute approximate surface area is 101 Å². The Morgan fingerprint density at radius 1 is 1.35 bits per heavy atom. The predicted octanol–water partition coefficient (Wildman–Crippen LogP) is -0.503. The molecule has 92 valence electrons. The smallest absolute Gasteiger partial charge is 0.325 e. The molecule has 9 heteroatoms. The molecule has 1 amide bonds. The normalized spacial score (nSPS) is 11.9. The van der Waals surface area contributed by atoms with Crippen LogP contribution in [0.25, 0.3) is 0 Å². The van der Waals surface area contributed by atoms with Gasteiger partial charge < -0.3 is 21.9 Å². The largest absolute Gasteiger partial charge is 0.480 e. The number of halogens is 1. The number of nitrogens with zero attached hydrogens (tertiary/aromatic N) is 2. The lowest BCUT2D eigenvalue weighted by Crippen LogP contribution is -2.39. The molecule has 1 heterocycles. The van der Waals surface area contributed by atoms with Crippen molar-refractivity contribution in [3.05, 3.63) is 10.8 Å². The Morgan fingerprint density at radius 3 is 2.47 bits per heavy atom. The van der Waals surface area contributed by atoms with Gasteiger partial charge in [0.05, 0.1) is 0 Å². The van der Waals surface area contributed by atoms with Crippen molar-refractivity contribution < 1.29 is 14.7 Å². The number of carbonyl (C=O) groups is 2. The van der Waals surface area contributed by atoms with Crippen LogP contribution in [-0.2, 0) is 4.79 Å². The maximum atomic E-state index is 11.6. The van der Waals surface area contributed by atoms with Gasteiger partial charge in [0, 0.05) is 0 Å². The first-order chi connectivity index (χ1) is 7.82. The molecule has 0 aliphatic rings. The van der Waals surface area contributed by atoms with Gasteiger partial charge in [0.1, 0.15) is 6.04 Å². The minimum atomic E-state index is -1.19. The van der Waals surface area contributed by atoms with Gasteiger partial charge in [-0.1, -0.05) is 11.6 Å². The molecule has 0 saturated carbocycles. The Morgan fingerprint density at radius 2 is 1.94 bits per heavy atom.